The smallest absolute Gasteiger partial charge is 0.333 e. The molecule has 0 aliphatic heterocycles. The number of hydrogen-bond donors (Lipinski definition) is 2. The van der Waals surface area contributed by atoms with Crippen molar-refractivity contribution in [3.8, 4) is 0 Å². The van der Waals surface area contributed by atoms with Crippen LogP contribution in [0, 0.1) is 5.92 Å². The van der Waals surface area contributed by atoms with Crippen molar-refractivity contribution >= 4 is 11.9 Å². The molecule has 0 saturated carbocycles. The highest BCUT2D eigenvalue weighted by Gasteiger charge is 2.36. The summed E-state index contributed by atoms with van der Waals surface area (Å²) in [5.74, 6) is -1.34. The summed E-state index contributed by atoms with van der Waals surface area (Å²) in [5.41, 5.74) is 0.950. The molecule has 0 aromatic rings. The lowest BCUT2D eigenvalue weighted by atomic mass is 9.81. The minimum atomic E-state index is -1.28. The Bertz CT molecular complexity index is 658. The zero-order chi connectivity index (χ0) is 22.2. The van der Waals surface area contributed by atoms with E-state index in [1.165, 1.54) is 14.0 Å². The Balaban J connectivity index is 3.21. The second-order valence-corrected chi connectivity index (χ2v) is 8.23. The van der Waals surface area contributed by atoms with E-state index in [0.717, 1.165) is 11.1 Å². The molecule has 1 aliphatic carbocycles. The third-order valence-corrected chi connectivity index (χ3v) is 5.68. The van der Waals surface area contributed by atoms with Crippen LogP contribution in [0.4, 0.5) is 0 Å². The summed E-state index contributed by atoms with van der Waals surface area (Å²) in [6, 6.07) is 0. The number of aliphatic hydroxyl groups excluding tert-OH is 1. The number of aliphatic hydroxyl groups is 2. The SMILES string of the molecule is C=C(C(=O)OC)[C@@H]1CC[C@@](C)(O)C(OC(C)=O)CC/C(C)=C/C/C=C(\C)[C@@H](O)C1. The fourth-order valence-electron chi connectivity index (χ4n) is 3.55. The highest BCUT2D eigenvalue weighted by molar-refractivity contribution is 5.88. The van der Waals surface area contributed by atoms with Crippen LogP contribution in [0.1, 0.15) is 66.2 Å². The molecule has 0 saturated heterocycles. The van der Waals surface area contributed by atoms with Gasteiger partial charge in [0.15, 0.2) is 0 Å². The maximum Gasteiger partial charge on any atom is 0.333 e. The summed E-state index contributed by atoms with van der Waals surface area (Å²) in [5, 5.41) is 21.7. The molecule has 6 nitrogen and oxygen atoms in total. The van der Waals surface area contributed by atoms with E-state index in [1.54, 1.807) is 6.92 Å². The van der Waals surface area contributed by atoms with Gasteiger partial charge in [0.2, 0.25) is 0 Å². The van der Waals surface area contributed by atoms with Crippen molar-refractivity contribution in [1.82, 2.24) is 0 Å². The monoisotopic (exact) mass is 408 g/mol. The van der Waals surface area contributed by atoms with Gasteiger partial charge in [0.1, 0.15) is 6.10 Å². The van der Waals surface area contributed by atoms with Crippen LogP contribution in [0.5, 0.6) is 0 Å². The number of hydrogen-bond acceptors (Lipinski definition) is 6. The van der Waals surface area contributed by atoms with Gasteiger partial charge in [-0.15, -0.1) is 0 Å². The van der Waals surface area contributed by atoms with Crippen LogP contribution in [0.25, 0.3) is 0 Å². The first-order valence-corrected chi connectivity index (χ1v) is 10.1. The van der Waals surface area contributed by atoms with Crippen molar-refractivity contribution in [2.24, 2.45) is 5.92 Å². The molecule has 0 radical (unpaired) electrons. The standard InChI is InChI=1S/C23H36O6/c1-15-8-7-9-16(2)20(25)14-19(17(3)22(26)28-6)12-13-23(5,27)21(11-10-15)29-18(4)24/h8-9,19-21,25,27H,3,7,10-14H2,1-2,4-6H3/b15-8+,16-9+/t19-,20+,21?,23-/m1/s1. The minimum absolute atomic E-state index is 0.266. The van der Waals surface area contributed by atoms with Gasteiger partial charge in [-0.2, -0.15) is 0 Å². The summed E-state index contributed by atoms with van der Waals surface area (Å²) in [6.07, 6.45) is 5.48. The molecule has 164 valence electrons. The van der Waals surface area contributed by atoms with Gasteiger partial charge in [-0.1, -0.05) is 24.3 Å². The lowest BCUT2D eigenvalue weighted by Gasteiger charge is -2.34. The van der Waals surface area contributed by atoms with Gasteiger partial charge in [0.05, 0.1) is 18.8 Å². The summed E-state index contributed by atoms with van der Waals surface area (Å²) >= 11 is 0. The van der Waals surface area contributed by atoms with Crippen LogP contribution >= 0.6 is 0 Å². The molecule has 0 aromatic heterocycles. The van der Waals surface area contributed by atoms with Crippen LogP contribution in [0.3, 0.4) is 0 Å². The fraction of sp³-hybridized carbons (Fsp3) is 0.652. The predicted molar refractivity (Wildman–Crippen MR) is 112 cm³/mol. The number of allylic oxidation sites excluding steroid dienone is 3. The van der Waals surface area contributed by atoms with Crippen LogP contribution in [0.2, 0.25) is 0 Å². The van der Waals surface area contributed by atoms with E-state index in [1.807, 2.05) is 19.9 Å². The van der Waals surface area contributed by atoms with Gasteiger partial charge < -0.3 is 19.7 Å². The number of methoxy groups -OCH3 is 1. The van der Waals surface area contributed by atoms with Crippen molar-refractivity contribution in [2.45, 2.75) is 84.0 Å². The molecule has 6 heteroatoms. The second-order valence-electron chi connectivity index (χ2n) is 8.23. The number of carbonyl (C=O) groups excluding carboxylic acids is 2. The Labute approximate surface area is 174 Å². The van der Waals surface area contributed by atoms with E-state index < -0.39 is 29.7 Å². The Morgan fingerprint density at radius 3 is 2.48 bits per heavy atom. The molecule has 0 aromatic carbocycles. The van der Waals surface area contributed by atoms with Crippen LogP contribution in [-0.2, 0) is 19.1 Å². The minimum Gasteiger partial charge on any atom is -0.466 e. The third-order valence-electron chi connectivity index (χ3n) is 5.68. The highest BCUT2D eigenvalue weighted by Crippen LogP contribution is 2.32. The van der Waals surface area contributed by atoms with Crippen LogP contribution < -0.4 is 0 Å². The van der Waals surface area contributed by atoms with Gasteiger partial charge >= 0.3 is 11.9 Å². The lowest BCUT2D eigenvalue weighted by Crippen LogP contribution is -2.42. The first-order chi connectivity index (χ1) is 13.5. The summed E-state index contributed by atoms with van der Waals surface area (Å²) in [6.45, 7) is 10.7. The van der Waals surface area contributed by atoms with Gasteiger partial charge in [-0.3, -0.25) is 4.79 Å². The van der Waals surface area contributed by atoms with Crippen LogP contribution in [0.15, 0.2) is 35.5 Å². The van der Waals surface area contributed by atoms with E-state index >= 15 is 0 Å². The number of esters is 2. The number of carbonyl (C=O) groups is 2. The molecule has 0 heterocycles. The zero-order valence-electron chi connectivity index (χ0n) is 18.4. The average molecular weight is 409 g/mol. The summed E-state index contributed by atoms with van der Waals surface area (Å²) in [4.78, 5) is 23.6. The van der Waals surface area contributed by atoms with Crippen molar-refractivity contribution in [3.63, 3.8) is 0 Å². The third kappa shape index (κ3) is 8.15. The molecular formula is C23H36O6. The van der Waals surface area contributed by atoms with Crippen LogP contribution in [-0.4, -0.2) is 47.1 Å². The Morgan fingerprint density at radius 1 is 1.24 bits per heavy atom. The maximum atomic E-state index is 12.0. The largest absolute Gasteiger partial charge is 0.466 e. The summed E-state index contributed by atoms with van der Waals surface area (Å²) < 4.78 is 10.2. The Hall–Kier alpha value is -1.92. The molecule has 0 bridgehead atoms. The van der Waals surface area contributed by atoms with Gasteiger partial charge in [-0.05, 0) is 70.8 Å². The fourth-order valence-corrected chi connectivity index (χ4v) is 3.55. The predicted octanol–water partition coefficient (Wildman–Crippen LogP) is 3.62. The molecule has 1 rings (SSSR count). The molecule has 0 spiro atoms. The molecule has 1 aliphatic rings. The first kappa shape index (κ1) is 25.1. The highest BCUT2D eigenvalue weighted by atomic mass is 16.6. The van der Waals surface area contributed by atoms with Crippen molar-refractivity contribution < 1.29 is 29.3 Å². The van der Waals surface area contributed by atoms with Crippen molar-refractivity contribution in [2.75, 3.05) is 7.11 Å². The lowest BCUT2D eigenvalue weighted by molar-refractivity contribution is -0.163. The van der Waals surface area contributed by atoms with Gasteiger partial charge in [0, 0.05) is 12.5 Å². The molecule has 0 fully saturated rings. The van der Waals surface area contributed by atoms with E-state index in [0.29, 0.717) is 32.1 Å². The van der Waals surface area contributed by atoms with Crippen molar-refractivity contribution in [3.05, 3.63) is 35.5 Å². The topological polar surface area (TPSA) is 93.1 Å². The number of ether oxygens (including phenoxy) is 2. The van der Waals surface area contributed by atoms with E-state index in [-0.39, 0.29) is 17.9 Å². The molecular weight excluding hydrogens is 372 g/mol. The quantitative estimate of drug-likeness (QED) is 0.421. The second kappa shape index (κ2) is 11.3. The van der Waals surface area contributed by atoms with Crippen molar-refractivity contribution in [1.29, 1.82) is 0 Å². The average Bonchev–Trinajstić information content (AvgIpc) is 2.65. The summed E-state index contributed by atoms with van der Waals surface area (Å²) in [7, 11) is 1.29. The van der Waals surface area contributed by atoms with Gasteiger partial charge in [-0.25, -0.2) is 4.79 Å². The molecule has 2 N–H and O–H groups in total. The Morgan fingerprint density at radius 2 is 1.90 bits per heavy atom. The molecule has 1 unspecified atom stereocenters. The molecule has 29 heavy (non-hydrogen) atoms. The molecule has 4 atom stereocenters. The first-order valence-electron chi connectivity index (χ1n) is 10.1. The maximum absolute atomic E-state index is 12.0. The van der Waals surface area contributed by atoms with Gasteiger partial charge in [0.25, 0.3) is 0 Å². The Kier molecular flexibility index (Phi) is 9.80. The zero-order valence-corrected chi connectivity index (χ0v) is 18.4. The van der Waals surface area contributed by atoms with E-state index in [9.17, 15) is 19.8 Å². The molecule has 0 amide bonds. The van der Waals surface area contributed by atoms with E-state index in [2.05, 4.69) is 12.7 Å². The number of rotatable bonds is 3. The normalized spacial score (nSPS) is 33.3. The van der Waals surface area contributed by atoms with E-state index in [4.69, 9.17) is 9.47 Å².